The summed E-state index contributed by atoms with van der Waals surface area (Å²) in [7, 11) is 0. The van der Waals surface area contributed by atoms with Crippen LogP contribution in [-0.2, 0) is 0 Å². The van der Waals surface area contributed by atoms with E-state index in [0.717, 1.165) is 36.0 Å². The number of aliphatic hydroxyl groups excluding tert-OH is 1. The molecule has 23 heavy (non-hydrogen) atoms. The molecule has 2 atom stereocenters. The number of rotatable bonds is 2. The number of aryl methyl sites for hydroxylation is 2. The van der Waals surface area contributed by atoms with Gasteiger partial charge in [0.25, 0.3) is 5.91 Å². The van der Waals surface area contributed by atoms with Crippen molar-refractivity contribution in [3.05, 3.63) is 41.1 Å². The first-order valence-electron chi connectivity index (χ1n) is 8.31. The van der Waals surface area contributed by atoms with Gasteiger partial charge < -0.3 is 10.0 Å². The summed E-state index contributed by atoms with van der Waals surface area (Å²) in [5.41, 5.74) is 3.54. The predicted molar refractivity (Wildman–Crippen MR) is 91.5 cm³/mol. The van der Waals surface area contributed by atoms with Gasteiger partial charge >= 0.3 is 0 Å². The van der Waals surface area contributed by atoms with Gasteiger partial charge in [-0.25, -0.2) is 0 Å². The molecule has 0 aliphatic carbocycles. The van der Waals surface area contributed by atoms with Crippen LogP contribution in [0.25, 0.3) is 10.9 Å². The van der Waals surface area contributed by atoms with Crippen LogP contribution in [-0.4, -0.2) is 40.1 Å². The SMILES string of the molecule is Cc1ccc2cc(C(=O)N3CCCC(C(C)O)C3)c(C)nc2c1. The van der Waals surface area contributed by atoms with Gasteiger partial charge in [-0.1, -0.05) is 12.1 Å². The van der Waals surface area contributed by atoms with E-state index in [4.69, 9.17) is 0 Å². The van der Waals surface area contributed by atoms with Gasteiger partial charge in [-0.3, -0.25) is 9.78 Å². The first-order chi connectivity index (χ1) is 11.0. The molecule has 0 bridgehead atoms. The van der Waals surface area contributed by atoms with Crippen LogP contribution in [0.1, 0.15) is 41.4 Å². The Morgan fingerprint density at radius 1 is 1.35 bits per heavy atom. The molecule has 2 aromatic rings. The van der Waals surface area contributed by atoms with E-state index in [1.54, 1.807) is 0 Å². The van der Waals surface area contributed by atoms with Crippen molar-refractivity contribution in [3.8, 4) is 0 Å². The molecule has 1 aromatic heterocycles. The Bertz CT molecular complexity index is 739. The fourth-order valence-corrected chi connectivity index (χ4v) is 3.35. The van der Waals surface area contributed by atoms with Crippen LogP contribution in [0, 0.1) is 19.8 Å². The van der Waals surface area contributed by atoms with Crippen LogP contribution < -0.4 is 0 Å². The zero-order valence-electron chi connectivity index (χ0n) is 14.0. The zero-order valence-corrected chi connectivity index (χ0v) is 14.0. The van der Waals surface area contributed by atoms with Crippen LogP contribution in [0.5, 0.6) is 0 Å². The minimum atomic E-state index is -0.371. The Morgan fingerprint density at radius 3 is 2.87 bits per heavy atom. The third-order valence-corrected chi connectivity index (χ3v) is 4.82. The van der Waals surface area contributed by atoms with E-state index in [9.17, 15) is 9.90 Å². The van der Waals surface area contributed by atoms with Gasteiger partial charge in [0.1, 0.15) is 0 Å². The molecule has 1 saturated heterocycles. The number of hydrogen-bond donors (Lipinski definition) is 1. The van der Waals surface area contributed by atoms with Gasteiger partial charge in [-0.2, -0.15) is 0 Å². The van der Waals surface area contributed by atoms with Crippen molar-refractivity contribution in [2.45, 2.75) is 39.7 Å². The monoisotopic (exact) mass is 312 g/mol. The third-order valence-electron chi connectivity index (χ3n) is 4.82. The summed E-state index contributed by atoms with van der Waals surface area (Å²) in [4.78, 5) is 19.4. The largest absolute Gasteiger partial charge is 0.393 e. The molecule has 1 N–H and O–H groups in total. The first kappa shape index (κ1) is 15.9. The lowest BCUT2D eigenvalue weighted by Gasteiger charge is -2.34. The highest BCUT2D eigenvalue weighted by Crippen LogP contribution is 2.24. The van der Waals surface area contributed by atoms with E-state index in [2.05, 4.69) is 4.98 Å². The van der Waals surface area contributed by atoms with Crippen molar-refractivity contribution in [1.82, 2.24) is 9.88 Å². The average Bonchev–Trinajstić information content (AvgIpc) is 2.53. The van der Waals surface area contributed by atoms with Crippen LogP contribution in [0.3, 0.4) is 0 Å². The van der Waals surface area contributed by atoms with Gasteiger partial charge in [0.05, 0.1) is 22.9 Å². The van der Waals surface area contributed by atoms with Crippen molar-refractivity contribution in [1.29, 1.82) is 0 Å². The number of carbonyl (C=O) groups excluding carboxylic acids is 1. The number of carbonyl (C=O) groups is 1. The van der Waals surface area contributed by atoms with E-state index in [0.29, 0.717) is 12.1 Å². The minimum Gasteiger partial charge on any atom is -0.393 e. The topological polar surface area (TPSA) is 53.4 Å². The third kappa shape index (κ3) is 3.22. The Morgan fingerprint density at radius 2 is 2.13 bits per heavy atom. The van der Waals surface area contributed by atoms with Crippen LogP contribution in [0.4, 0.5) is 0 Å². The molecule has 1 aromatic carbocycles. The van der Waals surface area contributed by atoms with Crippen molar-refractivity contribution >= 4 is 16.8 Å². The van der Waals surface area contributed by atoms with Gasteiger partial charge in [0.2, 0.25) is 0 Å². The second-order valence-electron chi connectivity index (χ2n) is 6.71. The fraction of sp³-hybridized carbons (Fsp3) is 0.474. The van der Waals surface area contributed by atoms with Crippen LogP contribution in [0.15, 0.2) is 24.3 Å². The summed E-state index contributed by atoms with van der Waals surface area (Å²) in [6.45, 7) is 7.13. The molecule has 4 nitrogen and oxygen atoms in total. The van der Waals surface area contributed by atoms with Gasteiger partial charge in [-0.05, 0) is 51.3 Å². The highest BCUT2D eigenvalue weighted by atomic mass is 16.3. The van der Waals surface area contributed by atoms with Gasteiger partial charge in [0, 0.05) is 24.4 Å². The Kier molecular flexibility index (Phi) is 4.35. The number of aromatic nitrogens is 1. The second kappa shape index (κ2) is 6.28. The maximum absolute atomic E-state index is 12.9. The molecule has 3 rings (SSSR count). The maximum atomic E-state index is 12.9. The quantitative estimate of drug-likeness (QED) is 0.927. The molecular formula is C19H24N2O2. The number of piperidine rings is 1. The summed E-state index contributed by atoms with van der Waals surface area (Å²) in [6, 6.07) is 8.05. The number of pyridine rings is 1. The van der Waals surface area contributed by atoms with Crippen molar-refractivity contribution in [2.24, 2.45) is 5.92 Å². The van der Waals surface area contributed by atoms with Crippen LogP contribution >= 0.6 is 0 Å². The van der Waals surface area contributed by atoms with Crippen molar-refractivity contribution < 1.29 is 9.90 Å². The number of aliphatic hydroxyl groups is 1. The molecule has 0 radical (unpaired) electrons. The summed E-state index contributed by atoms with van der Waals surface area (Å²) in [5.74, 6) is 0.201. The van der Waals surface area contributed by atoms with Crippen molar-refractivity contribution in [2.75, 3.05) is 13.1 Å². The number of likely N-dealkylation sites (tertiary alicyclic amines) is 1. The molecule has 1 aliphatic rings. The smallest absolute Gasteiger partial charge is 0.255 e. The second-order valence-corrected chi connectivity index (χ2v) is 6.71. The van der Waals surface area contributed by atoms with E-state index in [1.807, 2.05) is 49.9 Å². The van der Waals surface area contributed by atoms with E-state index in [1.165, 1.54) is 5.56 Å². The Labute approximate surface area is 137 Å². The lowest BCUT2D eigenvalue weighted by atomic mass is 9.93. The first-order valence-corrected chi connectivity index (χ1v) is 8.31. The summed E-state index contributed by atoms with van der Waals surface area (Å²) >= 11 is 0. The summed E-state index contributed by atoms with van der Waals surface area (Å²) in [6.07, 6.45) is 1.56. The molecule has 2 unspecified atom stereocenters. The van der Waals surface area contributed by atoms with Crippen molar-refractivity contribution in [3.63, 3.8) is 0 Å². The van der Waals surface area contributed by atoms with Gasteiger partial charge in [-0.15, -0.1) is 0 Å². The molecular weight excluding hydrogens is 288 g/mol. The van der Waals surface area contributed by atoms with E-state index >= 15 is 0 Å². The van der Waals surface area contributed by atoms with Gasteiger partial charge in [0.15, 0.2) is 0 Å². The number of amides is 1. The predicted octanol–water partition coefficient (Wildman–Crippen LogP) is 3.08. The summed E-state index contributed by atoms with van der Waals surface area (Å²) in [5, 5.41) is 10.8. The normalized spacial score (nSPS) is 19.8. The standard InChI is InChI=1S/C19H24N2O2/c1-12-6-7-15-10-17(13(2)20-18(15)9-12)19(23)21-8-4-5-16(11-21)14(3)22/h6-7,9-10,14,16,22H,4-5,8,11H2,1-3H3. The molecule has 0 spiro atoms. The molecule has 1 fully saturated rings. The molecule has 1 amide bonds. The highest BCUT2D eigenvalue weighted by molar-refractivity contribution is 5.98. The number of benzene rings is 1. The molecule has 2 heterocycles. The summed E-state index contributed by atoms with van der Waals surface area (Å²) < 4.78 is 0. The number of fused-ring (bicyclic) bond motifs is 1. The lowest BCUT2D eigenvalue weighted by Crippen LogP contribution is -2.43. The zero-order chi connectivity index (χ0) is 16.6. The Hall–Kier alpha value is -1.94. The van der Waals surface area contributed by atoms with E-state index in [-0.39, 0.29) is 17.9 Å². The lowest BCUT2D eigenvalue weighted by molar-refractivity contribution is 0.0465. The van der Waals surface area contributed by atoms with E-state index < -0.39 is 0 Å². The number of hydrogen-bond acceptors (Lipinski definition) is 3. The minimum absolute atomic E-state index is 0.0304. The maximum Gasteiger partial charge on any atom is 0.255 e. The molecule has 0 saturated carbocycles. The highest BCUT2D eigenvalue weighted by Gasteiger charge is 2.28. The molecule has 122 valence electrons. The Balaban J connectivity index is 1.91. The molecule has 1 aliphatic heterocycles. The molecule has 4 heteroatoms. The fourth-order valence-electron chi connectivity index (χ4n) is 3.35. The number of nitrogens with zero attached hydrogens (tertiary/aromatic N) is 2. The van der Waals surface area contributed by atoms with Crippen LogP contribution in [0.2, 0.25) is 0 Å². The average molecular weight is 312 g/mol.